The van der Waals surface area contributed by atoms with Gasteiger partial charge in [0.2, 0.25) is 10.0 Å². The summed E-state index contributed by atoms with van der Waals surface area (Å²) in [7, 11) is -3.75. The second-order valence-electron chi connectivity index (χ2n) is 5.11. The molecule has 2 N–H and O–H groups in total. The van der Waals surface area contributed by atoms with Crippen LogP contribution in [-0.2, 0) is 10.0 Å². The molecule has 0 amide bonds. The van der Waals surface area contributed by atoms with Crippen molar-refractivity contribution in [2.75, 3.05) is 19.7 Å². The maximum absolute atomic E-state index is 12.5. The van der Waals surface area contributed by atoms with Crippen molar-refractivity contribution in [1.82, 2.24) is 9.29 Å². The summed E-state index contributed by atoms with van der Waals surface area (Å²) in [4.78, 5) is 3.88. The third-order valence-electron chi connectivity index (χ3n) is 2.58. The first kappa shape index (κ1) is 17.6. The number of hydrogen-bond acceptors (Lipinski definition) is 5. The van der Waals surface area contributed by atoms with E-state index in [4.69, 9.17) is 5.11 Å². The molecule has 116 valence electrons. The maximum Gasteiger partial charge on any atom is 0.244 e. The Labute approximate surface area is 125 Å². The van der Waals surface area contributed by atoms with Crippen molar-refractivity contribution in [2.24, 2.45) is 0 Å². The van der Waals surface area contributed by atoms with E-state index in [2.05, 4.69) is 16.8 Å². The Kier molecular flexibility index (Phi) is 5.87. The molecule has 0 atom stereocenters. The SMILES string of the molecule is CCN(CC(C)(C)O)S(=O)(=O)c1cncc(C#CCO)c1. The van der Waals surface area contributed by atoms with E-state index in [0.717, 1.165) is 0 Å². The largest absolute Gasteiger partial charge is 0.389 e. The molecule has 1 heterocycles. The minimum absolute atomic E-state index is 0.0124. The van der Waals surface area contributed by atoms with Gasteiger partial charge in [0.1, 0.15) is 11.5 Å². The highest BCUT2D eigenvalue weighted by molar-refractivity contribution is 7.89. The molecule has 0 saturated heterocycles. The molecule has 0 spiro atoms. The van der Waals surface area contributed by atoms with Gasteiger partial charge in [0.15, 0.2) is 0 Å². The molecule has 6 nitrogen and oxygen atoms in total. The van der Waals surface area contributed by atoms with Crippen molar-refractivity contribution in [3.8, 4) is 11.8 Å². The summed E-state index contributed by atoms with van der Waals surface area (Å²) in [5, 5.41) is 18.5. The number of hydrogen-bond donors (Lipinski definition) is 2. The van der Waals surface area contributed by atoms with Gasteiger partial charge in [-0.1, -0.05) is 18.8 Å². The first-order valence-electron chi connectivity index (χ1n) is 6.48. The summed E-state index contributed by atoms with van der Waals surface area (Å²) in [6, 6.07) is 1.40. The van der Waals surface area contributed by atoms with Crippen LogP contribution in [0, 0.1) is 11.8 Å². The number of pyridine rings is 1. The topological polar surface area (TPSA) is 90.7 Å². The summed E-state index contributed by atoms with van der Waals surface area (Å²) >= 11 is 0. The van der Waals surface area contributed by atoms with Gasteiger partial charge in [0.05, 0.1) is 5.60 Å². The molecule has 21 heavy (non-hydrogen) atoms. The van der Waals surface area contributed by atoms with Crippen molar-refractivity contribution < 1.29 is 18.6 Å². The van der Waals surface area contributed by atoms with E-state index in [0.29, 0.717) is 5.56 Å². The van der Waals surface area contributed by atoms with E-state index in [1.54, 1.807) is 20.8 Å². The summed E-state index contributed by atoms with van der Waals surface area (Å²) < 4.78 is 26.3. The third-order valence-corrected chi connectivity index (χ3v) is 4.46. The summed E-state index contributed by atoms with van der Waals surface area (Å²) in [5.74, 6) is 5.06. The summed E-state index contributed by atoms with van der Waals surface area (Å²) in [5.41, 5.74) is -0.727. The van der Waals surface area contributed by atoms with Crippen molar-refractivity contribution in [2.45, 2.75) is 31.3 Å². The van der Waals surface area contributed by atoms with Gasteiger partial charge in [-0.05, 0) is 19.9 Å². The third kappa shape index (κ3) is 5.10. The normalized spacial score (nSPS) is 12.1. The van der Waals surface area contributed by atoms with Crippen LogP contribution in [0.4, 0.5) is 0 Å². The Morgan fingerprint density at radius 3 is 2.57 bits per heavy atom. The van der Waals surface area contributed by atoms with Crippen LogP contribution in [0.2, 0.25) is 0 Å². The number of likely N-dealkylation sites (N-methyl/N-ethyl adjacent to an activating group) is 1. The van der Waals surface area contributed by atoms with Crippen molar-refractivity contribution in [3.63, 3.8) is 0 Å². The molecule has 1 aromatic heterocycles. The number of rotatable bonds is 5. The van der Waals surface area contributed by atoms with Gasteiger partial charge in [-0.25, -0.2) is 8.42 Å². The lowest BCUT2D eigenvalue weighted by Crippen LogP contribution is -2.42. The smallest absolute Gasteiger partial charge is 0.244 e. The second-order valence-corrected chi connectivity index (χ2v) is 7.05. The van der Waals surface area contributed by atoms with Crippen LogP contribution in [0.15, 0.2) is 23.4 Å². The van der Waals surface area contributed by atoms with Gasteiger partial charge in [0.25, 0.3) is 0 Å². The number of nitrogens with zero attached hydrogens (tertiary/aromatic N) is 2. The lowest BCUT2D eigenvalue weighted by Gasteiger charge is -2.27. The van der Waals surface area contributed by atoms with Crippen molar-refractivity contribution >= 4 is 10.0 Å². The zero-order valence-electron chi connectivity index (χ0n) is 12.4. The predicted molar refractivity (Wildman–Crippen MR) is 78.9 cm³/mol. The lowest BCUT2D eigenvalue weighted by atomic mass is 10.1. The average molecular weight is 312 g/mol. The fourth-order valence-electron chi connectivity index (χ4n) is 1.72. The maximum atomic E-state index is 12.5. The van der Waals surface area contributed by atoms with E-state index < -0.39 is 15.6 Å². The predicted octanol–water partition coefficient (Wildman–Crippen LogP) is 0.207. The van der Waals surface area contributed by atoms with Gasteiger partial charge in [-0.15, -0.1) is 0 Å². The first-order chi connectivity index (χ1) is 9.70. The fourth-order valence-corrected chi connectivity index (χ4v) is 3.31. The minimum atomic E-state index is -3.75. The van der Waals surface area contributed by atoms with Crippen molar-refractivity contribution in [3.05, 3.63) is 24.0 Å². The molecule has 0 unspecified atom stereocenters. The average Bonchev–Trinajstić information content (AvgIpc) is 2.41. The summed E-state index contributed by atoms with van der Waals surface area (Å²) in [6.45, 7) is 4.71. The van der Waals surface area contributed by atoms with Gasteiger partial charge in [-0.3, -0.25) is 4.98 Å². The molecule has 0 saturated carbocycles. The molecule has 7 heteroatoms. The monoisotopic (exact) mass is 312 g/mol. The van der Waals surface area contributed by atoms with Crippen LogP contribution in [-0.4, -0.2) is 53.2 Å². The number of aromatic nitrogens is 1. The van der Waals surface area contributed by atoms with E-state index >= 15 is 0 Å². The molecule has 0 aliphatic heterocycles. The Hall–Kier alpha value is -1.46. The van der Waals surface area contributed by atoms with Gasteiger partial charge in [-0.2, -0.15) is 4.31 Å². The van der Waals surface area contributed by atoms with Crippen LogP contribution in [0.1, 0.15) is 26.3 Å². The molecule has 0 bridgehead atoms. The van der Waals surface area contributed by atoms with Crippen LogP contribution in [0.3, 0.4) is 0 Å². The quantitative estimate of drug-likeness (QED) is 0.758. The van der Waals surface area contributed by atoms with Gasteiger partial charge in [0, 0.05) is 31.0 Å². The van der Waals surface area contributed by atoms with Crippen molar-refractivity contribution in [1.29, 1.82) is 0 Å². The lowest BCUT2D eigenvalue weighted by molar-refractivity contribution is 0.0601. The Morgan fingerprint density at radius 1 is 1.38 bits per heavy atom. The number of aliphatic hydroxyl groups is 2. The summed E-state index contributed by atoms with van der Waals surface area (Å²) in [6.07, 6.45) is 2.67. The molecule has 0 radical (unpaired) electrons. The standard InChI is InChI=1S/C14H20N2O4S/c1-4-16(11-14(2,3)18)21(19,20)13-8-12(6-5-7-17)9-15-10-13/h8-10,17-18H,4,7,11H2,1-3H3. The fraction of sp³-hybridized carbons (Fsp3) is 0.500. The van der Waals surface area contributed by atoms with Gasteiger partial charge >= 0.3 is 0 Å². The number of sulfonamides is 1. The Bertz CT molecular complexity index is 639. The molecule has 1 aromatic rings. The minimum Gasteiger partial charge on any atom is -0.389 e. The van der Waals surface area contributed by atoms with Crippen LogP contribution in [0.5, 0.6) is 0 Å². The molecule has 0 aliphatic rings. The highest BCUT2D eigenvalue weighted by Crippen LogP contribution is 2.18. The van der Waals surface area contributed by atoms with Gasteiger partial charge < -0.3 is 10.2 Å². The molecule has 0 aromatic carbocycles. The van der Waals surface area contributed by atoms with E-state index in [9.17, 15) is 13.5 Å². The zero-order chi connectivity index (χ0) is 16.1. The van der Waals surface area contributed by atoms with E-state index in [-0.39, 0.29) is 24.6 Å². The molecule has 1 rings (SSSR count). The first-order valence-corrected chi connectivity index (χ1v) is 7.92. The van der Waals surface area contributed by atoms with Crippen LogP contribution >= 0.6 is 0 Å². The molecule has 0 aliphatic carbocycles. The molecular weight excluding hydrogens is 292 g/mol. The van der Waals surface area contributed by atoms with Crippen LogP contribution < -0.4 is 0 Å². The number of aliphatic hydroxyl groups excluding tert-OH is 1. The highest BCUT2D eigenvalue weighted by atomic mass is 32.2. The Balaban J connectivity index is 3.17. The Morgan fingerprint density at radius 2 is 2.05 bits per heavy atom. The highest BCUT2D eigenvalue weighted by Gasteiger charge is 2.28. The van der Waals surface area contributed by atoms with E-state index in [1.807, 2.05) is 0 Å². The zero-order valence-corrected chi connectivity index (χ0v) is 13.2. The van der Waals surface area contributed by atoms with E-state index in [1.165, 1.54) is 22.8 Å². The van der Waals surface area contributed by atoms with Crippen LogP contribution in [0.25, 0.3) is 0 Å². The molecular formula is C14H20N2O4S. The molecule has 0 fully saturated rings. The second kappa shape index (κ2) is 7.00.